The van der Waals surface area contributed by atoms with E-state index in [1.54, 1.807) is 30.3 Å². The van der Waals surface area contributed by atoms with Crippen LogP contribution in [0.15, 0.2) is 71.8 Å². The Morgan fingerprint density at radius 2 is 1.83 bits per heavy atom. The van der Waals surface area contributed by atoms with Crippen molar-refractivity contribution < 1.29 is 27.4 Å². The molecule has 3 aromatic carbocycles. The van der Waals surface area contributed by atoms with Crippen LogP contribution >= 0.6 is 0 Å². The average Bonchev–Trinajstić information content (AvgIpc) is 3.39. The fraction of sp³-hybridized carbons (Fsp3) is 0.259. The summed E-state index contributed by atoms with van der Waals surface area (Å²) in [6.45, 7) is 1.31. The van der Waals surface area contributed by atoms with E-state index in [9.17, 15) is 18.0 Å². The lowest BCUT2D eigenvalue weighted by atomic mass is 9.90. The van der Waals surface area contributed by atoms with Crippen LogP contribution in [0.25, 0.3) is 0 Å². The van der Waals surface area contributed by atoms with Gasteiger partial charge in [0, 0.05) is 23.6 Å². The Bertz CT molecular complexity index is 1310. The number of fused-ring (bicyclic) bond motifs is 1. The molecule has 1 unspecified atom stereocenters. The molecule has 186 valence electrons. The zero-order valence-corrected chi connectivity index (χ0v) is 19.7. The van der Waals surface area contributed by atoms with E-state index < -0.39 is 12.6 Å². The van der Waals surface area contributed by atoms with Crippen LogP contribution in [-0.4, -0.2) is 35.5 Å². The van der Waals surface area contributed by atoms with Gasteiger partial charge in [0.15, 0.2) is 0 Å². The molecule has 3 aromatic rings. The molecule has 1 atom stereocenters. The summed E-state index contributed by atoms with van der Waals surface area (Å²) < 4.78 is 48.9. The predicted octanol–water partition coefficient (Wildman–Crippen LogP) is 6.18. The van der Waals surface area contributed by atoms with E-state index in [4.69, 9.17) is 4.74 Å². The lowest BCUT2D eigenvalue weighted by molar-refractivity contribution is -0.0498. The number of nitrogens with zero attached hydrogens (tertiary/aromatic N) is 2. The van der Waals surface area contributed by atoms with Gasteiger partial charge in [-0.2, -0.15) is 13.9 Å². The highest BCUT2D eigenvalue weighted by Gasteiger charge is 2.33. The molecule has 0 radical (unpaired) electrons. The molecular formula is C27H24F3N3O3. The highest BCUT2D eigenvalue weighted by Crippen LogP contribution is 2.36. The van der Waals surface area contributed by atoms with Gasteiger partial charge in [0.05, 0.1) is 12.3 Å². The normalized spacial score (nSPS) is 18.0. The van der Waals surface area contributed by atoms with E-state index in [0.717, 1.165) is 23.3 Å². The van der Waals surface area contributed by atoms with Crippen LogP contribution in [-0.2, 0) is 6.42 Å². The zero-order valence-electron chi connectivity index (χ0n) is 19.7. The van der Waals surface area contributed by atoms with E-state index >= 15 is 0 Å². The number of amides is 2. The number of alkyl halides is 2. The van der Waals surface area contributed by atoms with Gasteiger partial charge in [-0.1, -0.05) is 12.1 Å². The molecule has 0 aliphatic carbocycles. The average molecular weight is 496 g/mol. The predicted molar refractivity (Wildman–Crippen MR) is 129 cm³/mol. The van der Waals surface area contributed by atoms with Crippen molar-refractivity contribution in [1.82, 2.24) is 5.01 Å². The molecule has 2 aliphatic rings. The molecule has 0 spiro atoms. The number of ether oxygens (including phenoxy) is 2. The molecule has 0 aromatic heterocycles. The van der Waals surface area contributed by atoms with Crippen LogP contribution in [0.5, 0.6) is 11.5 Å². The van der Waals surface area contributed by atoms with Crippen LogP contribution in [0.4, 0.5) is 23.7 Å². The molecule has 9 heteroatoms. The lowest BCUT2D eigenvalue weighted by Gasteiger charge is -2.16. The summed E-state index contributed by atoms with van der Waals surface area (Å²) in [6.07, 6.45) is 0.732. The summed E-state index contributed by atoms with van der Waals surface area (Å²) in [5.41, 5.74) is 3.31. The maximum atomic E-state index is 13.5. The first-order chi connectivity index (χ1) is 17.2. The highest BCUT2D eigenvalue weighted by atomic mass is 19.3. The van der Waals surface area contributed by atoms with Crippen molar-refractivity contribution in [3.63, 3.8) is 0 Å². The number of nitrogens with one attached hydrogen (secondary N) is 1. The Labute approximate surface area is 206 Å². The molecule has 0 fully saturated rings. The molecule has 0 saturated carbocycles. The molecule has 0 bridgehead atoms. The highest BCUT2D eigenvalue weighted by molar-refractivity contribution is 6.08. The topological polar surface area (TPSA) is 63.2 Å². The van der Waals surface area contributed by atoms with Crippen molar-refractivity contribution in [3.8, 4) is 11.5 Å². The van der Waals surface area contributed by atoms with Gasteiger partial charge in [0.2, 0.25) is 0 Å². The summed E-state index contributed by atoms with van der Waals surface area (Å²) in [6, 6.07) is 17.1. The van der Waals surface area contributed by atoms with Gasteiger partial charge in [0.25, 0.3) is 0 Å². The van der Waals surface area contributed by atoms with E-state index in [0.29, 0.717) is 17.0 Å². The molecule has 2 amide bonds. The van der Waals surface area contributed by atoms with Crippen LogP contribution < -0.4 is 14.8 Å². The van der Waals surface area contributed by atoms with Gasteiger partial charge in [-0.25, -0.2) is 14.2 Å². The summed E-state index contributed by atoms with van der Waals surface area (Å²) >= 11 is 0. The van der Waals surface area contributed by atoms with Crippen molar-refractivity contribution in [3.05, 3.63) is 89.2 Å². The van der Waals surface area contributed by atoms with Crippen molar-refractivity contribution in [1.29, 1.82) is 0 Å². The van der Waals surface area contributed by atoms with Gasteiger partial charge < -0.3 is 14.8 Å². The van der Waals surface area contributed by atoms with E-state index in [1.807, 2.05) is 26.0 Å². The number of hydrogen-bond acceptors (Lipinski definition) is 4. The van der Waals surface area contributed by atoms with Crippen molar-refractivity contribution in [2.45, 2.75) is 38.4 Å². The molecular weight excluding hydrogens is 471 g/mol. The first-order valence-corrected chi connectivity index (χ1v) is 11.5. The quantitative estimate of drug-likeness (QED) is 0.460. The van der Waals surface area contributed by atoms with Gasteiger partial charge >= 0.3 is 12.6 Å². The minimum absolute atomic E-state index is 0.0176. The molecule has 5 rings (SSSR count). The number of carbonyl (C=O) groups is 1. The number of hydrazone groups is 1. The van der Waals surface area contributed by atoms with Crippen LogP contribution in [0.1, 0.15) is 36.5 Å². The Balaban J connectivity index is 1.39. The first-order valence-electron chi connectivity index (χ1n) is 11.5. The first kappa shape index (κ1) is 23.7. The van der Waals surface area contributed by atoms with Gasteiger partial charge in [-0.3, -0.25) is 0 Å². The molecule has 36 heavy (non-hydrogen) atoms. The summed E-state index contributed by atoms with van der Waals surface area (Å²) in [4.78, 5) is 13.1. The van der Waals surface area contributed by atoms with Crippen LogP contribution in [0, 0.1) is 5.82 Å². The molecule has 0 saturated heterocycles. The Morgan fingerprint density at radius 1 is 1.11 bits per heavy atom. The van der Waals surface area contributed by atoms with Crippen molar-refractivity contribution in [2.24, 2.45) is 5.10 Å². The third-order valence-corrected chi connectivity index (χ3v) is 6.11. The van der Waals surface area contributed by atoms with E-state index in [1.165, 1.54) is 29.3 Å². The SMILES string of the molecule is CC1(C)Cc2cc(NC(=O)N3CC(c4ccc(F)cc4)C(c4ccc(OC(F)F)cc4)=N3)ccc2O1. The largest absolute Gasteiger partial charge is 0.487 e. The smallest absolute Gasteiger partial charge is 0.387 e. The Kier molecular flexibility index (Phi) is 6.07. The monoisotopic (exact) mass is 495 g/mol. The second kappa shape index (κ2) is 9.22. The molecule has 2 heterocycles. The minimum atomic E-state index is -2.93. The zero-order chi connectivity index (χ0) is 25.4. The molecule has 2 aliphatic heterocycles. The third-order valence-electron chi connectivity index (χ3n) is 6.11. The summed E-state index contributed by atoms with van der Waals surface area (Å²) in [5.74, 6) is 0.105. The minimum Gasteiger partial charge on any atom is -0.487 e. The number of benzene rings is 3. The number of anilines is 1. The molecule has 6 nitrogen and oxygen atoms in total. The summed E-state index contributed by atoms with van der Waals surface area (Å²) in [5, 5.41) is 8.76. The van der Waals surface area contributed by atoms with Crippen LogP contribution in [0.3, 0.4) is 0 Å². The standard InChI is InChI=1S/C27H24F3N3O3/c1-27(2)14-18-13-20(9-12-23(18)36-27)31-26(34)33-15-22(16-3-7-19(28)8-4-16)24(32-33)17-5-10-21(11-6-17)35-25(29)30/h3-13,22,25H,14-15H2,1-2H3,(H,31,34). The number of halogens is 3. The second-order valence-corrected chi connectivity index (χ2v) is 9.37. The van der Waals surface area contributed by atoms with Crippen LogP contribution in [0.2, 0.25) is 0 Å². The van der Waals surface area contributed by atoms with Crippen molar-refractivity contribution in [2.75, 3.05) is 11.9 Å². The number of rotatable bonds is 5. The van der Waals surface area contributed by atoms with E-state index in [-0.39, 0.29) is 29.6 Å². The Hall–Kier alpha value is -4.01. The van der Waals surface area contributed by atoms with Crippen molar-refractivity contribution >= 4 is 17.4 Å². The van der Waals surface area contributed by atoms with Gasteiger partial charge in [-0.05, 0) is 79.6 Å². The summed E-state index contributed by atoms with van der Waals surface area (Å²) in [7, 11) is 0. The Morgan fingerprint density at radius 3 is 2.53 bits per heavy atom. The molecule has 1 N–H and O–H groups in total. The fourth-order valence-electron chi connectivity index (χ4n) is 4.53. The van der Waals surface area contributed by atoms with E-state index in [2.05, 4.69) is 15.2 Å². The second-order valence-electron chi connectivity index (χ2n) is 9.37. The third kappa shape index (κ3) is 5.00. The van der Waals surface area contributed by atoms with Gasteiger partial charge in [0.1, 0.15) is 22.9 Å². The number of carbonyl (C=O) groups excluding carboxylic acids is 1. The fourth-order valence-corrected chi connectivity index (χ4v) is 4.53. The number of urea groups is 1. The number of hydrogen-bond donors (Lipinski definition) is 1. The van der Waals surface area contributed by atoms with Gasteiger partial charge in [-0.15, -0.1) is 0 Å². The maximum Gasteiger partial charge on any atom is 0.387 e. The lowest BCUT2D eigenvalue weighted by Crippen LogP contribution is -2.30. The maximum absolute atomic E-state index is 13.5.